The standard InChI is InChI=1S/C14H12N2/c1-3-4-5-11(2)14-7-12(9-15)6-13(8-14)10-16/h3-8H,1-2H3/b4-3-,11-5+. The van der Waals surface area contributed by atoms with E-state index in [1.807, 2.05) is 32.1 Å². The van der Waals surface area contributed by atoms with Gasteiger partial charge in [-0.15, -0.1) is 0 Å². The molecule has 0 saturated carbocycles. The van der Waals surface area contributed by atoms with E-state index in [0.717, 1.165) is 11.1 Å². The Morgan fingerprint density at radius 1 is 1.12 bits per heavy atom. The van der Waals surface area contributed by atoms with Gasteiger partial charge in [-0.1, -0.05) is 18.2 Å². The maximum Gasteiger partial charge on any atom is 0.0992 e. The zero-order valence-corrected chi connectivity index (χ0v) is 9.36. The quantitative estimate of drug-likeness (QED) is 0.699. The van der Waals surface area contributed by atoms with Crippen LogP contribution in [0.2, 0.25) is 0 Å². The van der Waals surface area contributed by atoms with E-state index in [2.05, 4.69) is 12.1 Å². The number of hydrogen-bond acceptors (Lipinski definition) is 2. The van der Waals surface area contributed by atoms with Crippen LogP contribution in [-0.2, 0) is 0 Å². The number of rotatable bonds is 2. The van der Waals surface area contributed by atoms with Crippen LogP contribution < -0.4 is 0 Å². The summed E-state index contributed by atoms with van der Waals surface area (Å²) in [5.41, 5.74) is 2.98. The van der Waals surface area contributed by atoms with E-state index in [-0.39, 0.29) is 0 Å². The van der Waals surface area contributed by atoms with E-state index in [9.17, 15) is 0 Å². The Hall–Kier alpha value is -2.32. The van der Waals surface area contributed by atoms with Crippen molar-refractivity contribution in [2.75, 3.05) is 0 Å². The molecule has 0 amide bonds. The normalized spacial score (nSPS) is 11.1. The SMILES string of the molecule is C/C=C\C=C(/C)c1cc(C#N)cc(C#N)c1. The number of nitriles is 2. The van der Waals surface area contributed by atoms with Gasteiger partial charge in [0.25, 0.3) is 0 Å². The summed E-state index contributed by atoms with van der Waals surface area (Å²) < 4.78 is 0. The van der Waals surface area contributed by atoms with Crippen molar-refractivity contribution < 1.29 is 0 Å². The van der Waals surface area contributed by atoms with Gasteiger partial charge in [0.15, 0.2) is 0 Å². The first kappa shape index (κ1) is 11.8. The molecule has 16 heavy (non-hydrogen) atoms. The molecule has 0 aromatic heterocycles. The Morgan fingerprint density at radius 2 is 1.69 bits per heavy atom. The molecule has 0 bridgehead atoms. The largest absolute Gasteiger partial charge is 0.192 e. The third-order valence-electron chi connectivity index (χ3n) is 2.19. The average molecular weight is 208 g/mol. The lowest BCUT2D eigenvalue weighted by Crippen LogP contribution is -1.86. The van der Waals surface area contributed by atoms with E-state index in [0.29, 0.717) is 11.1 Å². The number of benzene rings is 1. The zero-order chi connectivity index (χ0) is 12.0. The van der Waals surface area contributed by atoms with E-state index >= 15 is 0 Å². The zero-order valence-electron chi connectivity index (χ0n) is 9.36. The predicted molar refractivity (Wildman–Crippen MR) is 64.3 cm³/mol. The van der Waals surface area contributed by atoms with Crippen molar-refractivity contribution in [1.29, 1.82) is 10.5 Å². The van der Waals surface area contributed by atoms with Gasteiger partial charge in [0.2, 0.25) is 0 Å². The van der Waals surface area contributed by atoms with Crippen molar-refractivity contribution in [2.24, 2.45) is 0 Å². The number of allylic oxidation sites excluding steroid dienone is 4. The highest BCUT2D eigenvalue weighted by atomic mass is 14.3. The van der Waals surface area contributed by atoms with E-state index in [1.165, 1.54) is 0 Å². The van der Waals surface area contributed by atoms with Crippen molar-refractivity contribution in [3.05, 3.63) is 53.1 Å². The minimum absolute atomic E-state index is 0.516. The van der Waals surface area contributed by atoms with Crippen LogP contribution in [0, 0.1) is 22.7 Å². The van der Waals surface area contributed by atoms with Crippen LogP contribution in [0.15, 0.2) is 36.4 Å². The lowest BCUT2D eigenvalue weighted by atomic mass is 10.0. The van der Waals surface area contributed by atoms with Crippen LogP contribution in [0.25, 0.3) is 5.57 Å². The lowest BCUT2D eigenvalue weighted by molar-refractivity contribution is 1.43. The molecule has 2 nitrogen and oxygen atoms in total. The lowest BCUT2D eigenvalue weighted by Gasteiger charge is -2.02. The fourth-order valence-corrected chi connectivity index (χ4v) is 1.32. The molecule has 1 aromatic rings. The van der Waals surface area contributed by atoms with Gasteiger partial charge in [0.05, 0.1) is 23.3 Å². The monoisotopic (exact) mass is 208 g/mol. The van der Waals surface area contributed by atoms with Crippen LogP contribution in [0.3, 0.4) is 0 Å². The molecule has 0 radical (unpaired) electrons. The Bertz CT molecular complexity index is 490. The minimum Gasteiger partial charge on any atom is -0.192 e. The summed E-state index contributed by atoms with van der Waals surface area (Å²) >= 11 is 0. The molecule has 1 aromatic carbocycles. The van der Waals surface area contributed by atoms with Crippen LogP contribution in [0.5, 0.6) is 0 Å². The summed E-state index contributed by atoms with van der Waals surface area (Å²) in [6.45, 7) is 3.90. The molecule has 0 unspecified atom stereocenters. The van der Waals surface area contributed by atoms with Gasteiger partial charge in [0, 0.05) is 0 Å². The van der Waals surface area contributed by atoms with Gasteiger partial charge < -0.3 is 0 Å². The highest BCUT2D eigenvalue weighted by Crippen LogP contribution is 2.17. The smallest absolute Gasteiger partial charge is 0.0992 e. The van der Waals surface area contributed by atoms with Gasteiger partial charge in [-0.3, -0.25) is 0 Å². The molecule has 1 rings (SSSR count). The molecule has 0 aliphatic rings. The topological polar surface area (TPSA) is 47.6 Å². The van der Waals surface area contributed by atoms with E-state index < -0.39 is 0 Å². The first-order valence-electron chi connectivity index (χ1n) is 4.96. The third kappa shape index (κ3) is 2.83. The molecule has 0 fully saturated rings. The minimum atomic E-state index is 0.516. The predicted octanol–water partition coefficient (Wildman–Crippen LogP) is 3.41. The highest BCUT2D eigenvalue weighted by Gasteiger charge is 2.01. The summed E-state index contributed by atoms with van der Waals surface area (Å²) in [6, 6.07) is 9.28. The molecule has 78 valence electrons. The molecular weight excluding hydrogens is 196 g/mol. The van der Waals surface area contributed by atoms with Gasteiger partial charge >= 0.3 is 0 Å². The Morgan fingerprint density at radius 3 is 2.12 bits per heavy atom. The molecule has 2 heteroatoms. The van der Waals surface area contributed by atoms with Gasteiger partial charge in [-0.05, 0) is 43.2 Å². The molecular formula is C14H12N2. The summed E-state index contributed by atoms with van der Waals surface area (Å²) in [7, 11) is 0. The molecule has 0 aliphatic carbocycles. The van der Waals surface area contributed by atoms with Crippen LogP contribution in [-0.4, -0.2) is 0 Å². The van der Waals surface area contributed by atoms with Crippen molar-refractivity contribution >= 4 is 5.57 Å². The van der Waals surface area contributed by atoms with Crippen LogP contribution >= 0.6 is 0 Å². The van der Waals surface area contributed by atoms with E-state index in [4.69, 9.17) is 10.5 Å². The van der Waals surface area contributed by atoms with Crippen LogP contribution in [0.1, 0.15) is 30.5 Å². The first-order valence-corrected chi connectivity index (χ1v) is 4.96. The van der Waals surface area contributed by atoms with Crippen molar-refractivity contribution in [3.8, 4) is 12.1 Å². The number of hydrogen-bond donors (Lipinski definition) is 0. The highest BCUT2D eigenvalue weighted by molar-refractivity contribution is 5.68. The first-order chi connectivity index (χ1) is 7.71. The Labute approximate surface area is 95.8 Å². The third-order valence-corrected chi connectivity index (χ3v) is 2.19. The fraction of sp³-hybridized carbons (Fsp3) is 0.143. The average Bonchev–Trinajstić information content (AvgIpc) is 2.35. The summed E-state index contributed by atoms with van der Waals surface area (Å²) in [4.78, 5) is 0. The van der Waals surface area contributed by atoms with Crippen molar-refractivity contribution in [1.82, 2.24) is 0 Å². The summed E-state index contributed by atoms with van der Waals surface area (Å²) in [6.07, 6.45) is 5.82. The molecule has 0 spiro atoms. The van der Waals surface area contributed by atoms with Gasteiger partial charge in [-0.2, -0.15) is 10.5 Å². The molecule has 0 saturated heterocycles. The molecule has 0 N–H and O–H groups in total. The molecule has 0 aliphatic heterocycles. The second-order valence-electron chi connectivity index (χ2n) is 3.40. The van der Waals surface area contributed by atoms with Crippen molar-refractivity contribution in [2.45, 2.75) is 13.8 Å². The van der Waals surface area contributed by atoms with Crippen LogP contribution in [0.4, 0.5) is 0 Å². The summed E-state index contributed by atoms with van der Waals surface area (Å²) in [5, 5.41) is 17.7. The fourth-order valence-electron chi connectivity index (χ4n) is 1.32. The molecule has 0 heterocycles. The van der Waals surface area contributed by atoms with E-state index in [1.54, 1.807) is 18.2 Å². The molecule has 0 atom stereocenters. The van der Waals surface area contributed by atoms with Gasteiger partial charge in [0.1, 0.15) is 0 Å². The Kier molecular flexibility index (Phi) is 4.07. The van der Waals surface area contributed by atoms with Gasteiger partial charge in [-0.25, -0.2) is 0 Å². The maximum atomic E-state index is 8.85. The number of nitrogens with zero attached hydrogens (tertiary/aromatic N) is 2. The Balaban J connectivity index is 3.25. The second-order valence-corrected chi connectivity index (χ2v) is 3.40. The second kappa shape index (κ2) is 5.53. The van der Waals surface area contributed by atoms with Crippen molar-refractivity contribution in [3.63, 3.8) is 0 Å². The summed E-state index contributed by atoms with van der Waals surface area (Å²) in [5.74, 6) is 0. The maximum absolute atomic E-state index is 8.85.